The van der Waals surface area contributed by atoms with Gasteiger partial charge in [-0.2, -0.15) is 0 Å². The summed E-state index contributed by atoms with van der Waals surface area (Å²) < 4.78 is 26.8. The fourth-order valence-electron chi connectivity index (χ4n) is 2.45. The summed E-state index contributed by atoms with van der Waals surface area (Å²) in [7, 11) is 0. The third kappa shape index (κ3) is 5.29. The number of amides is 2. The van der Waals surface area contributed by atoms with Gasteiger partial charge in [-0.3, -0.25) is 9.59 Å². The second kappa shape index (κ2) is 8.83. The molecule has 0 aliphatic carbocycles. The second-order valence-electron chi connectivity index (χ2n) is 6.10. The molecule has 0 aliphatic rings. The molecule has 0 radical (unpaired) electrons. The van der Waals surface area contributed by atoms with Crippen molar-refractivity contribution >= 4 is 29.3 Å². The van der Waals surface area contributed by atoms with Crippen molar-refractivity contribution in [3.8, 4) is 0 Å². The Morgan fingerprint density at radius 1 is 1.00 bits per heavy atom. The lowest BCUT2D eigenvalue weighted by Gasteiger charge is -2.11. The molecule has 0 saturated heterocycles. The first-order valence-corrected chi connectivity index (χ1v) is 8.53. The summed E-state index contributed by atoms with van der Waals surface area (Å²) in [6.07, 6.45) is 7.41. The predicted octanol–water partition coefficient (Wildman–Crippen LogP) is 3.97. The molecule has 2 aromatic carbocycles. The summed E-state index contributed by atoms with van der Waals surface area (Å²) in [6.45, 7) is 1.79. The fraction of sp³-hybridized carbons (Fsp3) is 0.0476. The Kier molecular flexibility index (Phi) is 6.03. The fourth-order valence-corrected chi connectivity index (χ4v) is 2.45. The van der Waals surface area contributed by atoms with Crippen molar-refractivity contribution in [2.24, 2.45) is 0 Å². The zero-order valence-corrected chi connectivity index (χ0v) is 15.3. The van der Waals surface area contributed by atoms with Crippen molar-refractivity contribution in [1.29, 1.82) is 0 Å². The Morgan fingerprint density at radius 2 is 1.76 bits per heavy atom. The molecule has 0 saturated carbocycles. The minimum absolute atomic E-state index is 0.287. The van der Waals surface area contributed by atoms with Crippen LogP contribution in [0.1, 0.15) is 21.5 Å². The number of halogens is 2. The van der Waals surface area contributed by atoms with Gasteiger partial charge in [0, 0.05) is 41.5 Å². The lowest BCUT2D eigenvalue weighted by atomic mass is 10.1. The van der Waals surface area contributed by atoms with Gasteiger partial charge in [-0.1, -0.05) is 6.07 Å². The van der Waals surface area contributed by atoms with Crippen molar-refractivity contribution in [2.75, 3.05) is 10.6 Å². The van der Waals surface area contributed by atoms with Crippen LogP contribution in [-0.2, 0) is 4.79 Å². The number of aryl methyl sites for hydroxylation is 1. The van der Waals surface area contributed by atoms with Crippen LogP contribution in [-0.4, -0.2) is 21.8 Å². The Morgan fingerprint density at radius 3 is 2.48 bits per heavy atom. The van der Waals surface area contributed by atoms with Gasteiger partial charge < -0.3 is 10.6 Å². The van der Waals surface area contributed by atoms with Crippen molar-refractivity contribution in [1.82, 2.24) is 9.97 Å². The third-order valence-corrected chi connectivity index (χ3v) is 3.94. The lowest BCUT2D eigenvalue weighted by molar-refractivity contribution is -0.111. The highest BCUT2D eigenvalue weighted by Crippen LogP contribution is 2.21. The molecule has 0 spiro atoms. The zero-order valence-electron chi connectivity index (χ0n) is 15.3. The number of carbonyl (C=O) groups excluding carboxylic acids is 2. The predicted molar refractivity (Wildman–Crippen MR) is 105 cm³/mol. The van der Waals surface area contributed by atoms with Crippen LogP contribution in [0.25, 0.3) is 6.08 Å². The third-order valence-electron chi connectivity index (χ3n) is 3.94. The number of hydrogen-bond acceptors (Lipinski definition) is 4. The minimum Gasteiger partial charge on any atom is -0.322 e. The van der Waals surface area contributed by atoms with E-state index in [1.54, 1.807) is 43.6 Å². The van der Waals surface area contributed by atoms with Gasteiger partial charge >= 0.3 is 0 Å². The minimum atomic E-state index is -0.960. The highest BCUT2D eigenvalue weighted by atomic mass is 19.1. The first-order valence-electron chi connectivity index (χ1n) is 8.53. The lowest BCUT2D eigenvalue weighted by Crippen LogP contribution is -2.15. The van der Waals surface area contributed by atoms with Gasteiger partial charge in [-0.05, 0) is 42.8 Å². The molecule has 0 fully saturated rings. The molecule has 146 valence electrons. The first-order chi connectivity index (χ1) is 13.9. The van der Waals surface area contributed by atoms with Gasteiger partial charge in [0.1, 0.15) is 18.0 Å². The second-order valence-corrected chi connectivity index (χ2v) is 6.10. The summed E-state index contributed by atoms with van der Waals surface area (Å²) in [5.74, 6) is -2.84. The number of nitrogens with one attached hydrogen (secondary N) is 2. The normalized spacial score (nSPS) is 10.7. The molecule has 1 aromatic heterocycles. The van der Waals surface area contributed by atoms with Crippen LogP contribution in [0.15, 0.2) is 61.2 Å². The molecule has 29 heavy (non-hydrogen) atoms. The van der Waals surface area contributed by atoms with Gasteiger partial charge in [-0.15, -0.1) is 0 Å². The van der Waals surface area contributed by atoms with Crippen molar-refractivity contribution in [3.05, 3.63) is 89.5 Å². The smallest absolute Gasteiger partial charge is 0.258 e. The van der Waals surface area contributed by atoms with E-state index in [0.29, 0.717) is 23.0 Å². The highest BCUT2D eigenvalue weighted by Gasteiger charge is 2.13. The first kappa shape index (κ1) is 19.8. The maximum absolute atomic E-state index is 13.8. The molecule has 2 amide bonds. The van der Waals surface area contributed by atoms with Crippen molar-refractivity contribution in [3.63, 3.8) is 0 Å². The standard InChI is InChI=1S/C21H16F2N4O2/c1-13-2-5-16(26-21(29)17-6-4-15(22)8-18(17)23)9-19(13)27-20(28)7-3-14-10-24-12-25-11-14/h2-12H,1H3,(H,26,29)(H,27,28). The zero-order chi connectivity index (χ0) is 20.8. The van der Waals surface area contributed by atoms with Crippen LogP contribution in [0, 0.1) is 18.6 Å². The van der Waals surface area contributed by atoms with Crippen LogP contribution in [0.3, 0.4) is 0 Å². The topological polar surface area (TPSA) is 84.0 Å². The van der Waals surface area contributed by atoms with E-state index < -0.39 is 17.5 Å². The van der Waals surface area contributed by atoms with E-state index in [1.165, 1.54) is 12.4 Å². The molecule has 6 nitrogen and oxygen atoms in total. The molecule has 1 heterocycles. The molecule has 0 unspecified atom stereocenters. The summed E-state index contributed by atoms with van der Waals surface area (Å²) in [5.41, 5.74) is 1.97. The quantitative estimate of drug-likeness (QED) is 0.642. The number of aromatic nitrogens is 2. The molecule has 3 aromatic rings. The van der Waals surface area contributed by atoms with Gasteiger partial charge in [0.05, 0.1) is 5.56 Å². The van der Waals surface area contributed by atoms with E-state index in [4.69, 9.17) is 0 Å². The Bertz CT molecular complexity index is 1090. The molecule has 0 atom stereocenters. The number of hydrogen-bond donors (Lipinski definition) is 2. The number of rotatable bonds is 5. The van der Waals surface area contributed by atoms with Gasteiger partial charge in [0.15, 0.2) is 0 Å². The maximum Gasteiger partial charge on any atom is 0.258 e. The molecular weight excluding hydrogens is 378 g/mol. The van der Waals surface area contributed by atoms with Crippen molar-refractivity contribution < 1.29 is 18.4 Å². The Labute approximate surface area is 165 Å². The van der Waals surface area contributed by atoms with E-state index in [2.05, 4.69) is 20.6 Å². The number of carbonyl (C=O) groups is 2. The molecule has 8 heteroatoms. The Hall–Kier alpha value is -3.94. The van der Waals surface area contributed by atoms with Crippen LogP contribution >= 0.6 is 0 Å². The van der Waals surface area contributed by atoms with E-state index >= 15 is 0 Å². The molecule has 0 bridgehead atoms. The highest BCUT2D eigenvalue weighted by molar-refractivity contribution is 6.06. The van der Waals surface area contributed by atoms with Gasteiger partial charge in [-0.25, -0.2) is 18.7 Å². The molecule has 2 N–H and O–H groups in total. The molecular formula is C21H16F2N4O2. The number of anilines is 2. The van der Waals surface area contributed by atoms with Crippen LogP contribution in [0.2, 0.25) is 0 Å². The maximum atomic E-state index is 13.8. The SMILES string of the molecule is Cc1ccc(NC(=O)c2ccc(F)cc2F)cc1NC(=O)C=Cc1cncnc1. The largest absolute Gasteiger partial charge is 0.322 e. The van der Waals surface area contributed by atoms with Gasteiger partial charge in [0.2, 0.25) is 5.91 Å². The summed E-state index contributed by atoms with van der Waals surface area (Å²) in [6, 6.07) is 7.56. The monoisotopic (exact) mass is 394 g/mol. The summed E-state index contributed by atoms with van der Waals surface area (Å²) >= 11 is 0. The molecule has 3 rings (SSSR count). The van der Waals surface area contributed by atoms with Crippen molar-refractivity contribution in [2.45, 2.75) is 6.92 Å². The van der Waals surface area contributed by atoms with E-state index in [1.807, 2.05) is 0 Å². The Balaban J connectivity index is 1.71. The number of nitrogens with zero attached hydrogens (tertiary/aromatic N) is 2. The summed E-state index contributed by atoms with van der Waals surface area (Å²) in [4.78, 5) is 32.1. The molecule has 0 aliphatic heterocycles. The van der Waals surface area contributed by atoms with Crippen LogP contribution < -0.4 is 10.6 Å². The van der Waals surface area contributed by atoms with E-state index in [9.17, 15) is 18.4 Å². The van der Waals surface area contributed by atoms with E-state index in [0.717, 1.165) is 17.7 Å². The summed E-state index contributed by atoms with van der Waals surface area (Å²) in [5, 5.41) is 5.24. The van der Waals surface area contributed by atoms with E-state index in [-0.39, 0.29) is 11.5 Å². The average Bonchev–Trinajstić information content (AvgIpc) is 2.69. The van der Waals surface area contributed by atoms with Crippen LogP contribution in [0.5, 0.6) is 0 Å². The van der Waals surface area contributed by atoms with Gasteiger partial charge in [0.25, 0.3) is 5.91 Å². The number of benzene rings is 2. The average molecular weight is 394 g/mol. The van der Waals surface area contributed by atoms with Crippen LogP contribution in [0.4, 0.5) is 20.2 Å².